The summed E-state index contributed by atoms with van der Waals surface area (Å²) < 4.78 is 5.16. The van der Waals surface area contributed by atoms with Crippen LogP contribution in [0.5, 0.6) is 5.75 Å². The molecule has 5 nitrogen and oxygen atoms in total. The van der Waals surface area contributed by atoms with Gasteiger partial charge in [0, 0.05) is 11.8 Å². The van der Waals surface area contributed by atoms with Gasteiger partial charge < -0.3 is 10.1 Å². The Morgan fingerprint density at radius 3 is 2.57 bits per heavy atom. The van der Waals surface area contributed by atoms with E-state index in [-0.39, 0.29) is 11.1 Å². The van der Waals surface area contributed by atoms with Gasteiger partial charge in [0.1, 0.15) is 5.75 Å². The van der Waals surface area contributed by atoms with Gasteiger partial charge in [-0.1, -0.05) is 23.8 Å². The molecule has 0 spiro atoms. The Kier molecular flexibility index (Phi) is 4.25. The second kappa shape index (κ2) is 6.34. The fourth-order valence-electron chi connectivity index (χ4n) is 2.29. The Morgan fingerprint density at radius 1 is 1.13 bits per heavy atom. The molecule has 1 saturated heterocycles. The van der Waals surface area contributed by atoms with E-state index in [4.69, 9.17) is 4.74 Å². The molecule has 1 aliphatic rings. The number of carbonyl (C=O) groups is 2. The highest BCUT2D eigenvalue weighted by molar-refractivity contribution is 8.16. The standard InChI is InChI=1S/C17H16N2O3S/c1-11-6-8-13(9-7-11)19-16(20)15(23-17(19)21)18-12-4-3-5-14(10-12)22-2/h3-10,15,18H,1-2H3/t15-/m0/s1. The quantitative estimate of drug-likeness (QED) is 0.928. The summed E-state index contributed by atoms with van der Waals surface area (Å²) in [7, 11) is 1.58. The average molecular weight is 328 g/mol. The molecule has 3 rings (SSSR count). The summed E-state index contributed by atoms with van der Waals surface area (Å²) in [6, 6.07) is 14.6. The highest BCUT2D eigenvalue weighted by atomic mass is 32.2. The first-order valence-corrected chi connectivity index (χ1v) is 7.98. The third kappa shape index (κ3) is 3.17. The lowest BCUT2D eigenvalue weighted by Crippen LogP contribution is -2.34. The molecule has 1 aliphatic heterocycles. The van der Waals surface area contributed by atoms with E-state index in [0.29, 0.717) is 11.4 Å². The molecule has 0 bridgehead atoms. The summed E-state index contributed by atoms with van der Waals surface area (Å²) >= 11 is 0.975. The van der Waals surface area contributed by atoms with E-state index < -0.39 is 5.37 Å². The predicted octanol–water partition coefficient (Wildman–Crippen LogP) is 3.64. The number of nitrogens with zero attached hydrogens (tertiary/aromatic N) is 1. The van der Waals surface area contributed by atoms with E-state index in [2.05, 4.69) is 5.32 Å². The van der Waals surface area contributed by atoms with E-state index in [1.807, 2.05) is 37.3 Å². The average Bonchev–Trinajstić information content (AvgIpc) is 2.83. The number of methoxy groups -OCH3 is 1. The van der Waals surface area contributed by atoms with Crippen LogP contribution in [-0.2, 0) is 4.79 Å². The number of aryl methyl sites for hydroxylation is 1. The maximum atomic E-state index is 12.6. The molecule has 2 amide bonds. The van der Waals surface area contributed by atoms with Gasteiger partial charge in [-0.25, -0.2) is 4.90 Å². The van der Waals surface area contributed by atoms with Crippen molar-refractivity contribution >= 4 is 34.3 Å². The fraction of sp³-hybridized carbons (Fsp3) is 0.176. The zero-order valence-electron chi connectivity index (χ0n) is 12.8. The molecule has 0 aliphatic carbocycles. The number of thioether (sulfide) groups is 1. The van der Waals surface area contributed by atoms with Crippen molar-refractivity contribution in [3.8, 4) is 5.75 Å². The highest BCUT2D eigenvalue weighted by Gasteiger charge is 2.40. The van der Waals surface area contributed by atoms with Crippen molar-refractivity contribution in [1.82, 2.24) is 0 Å². The van der Waals surface area contributed by atoms with Gasteiger partial charge in [-0.3, -0.25) is 9.59 Å². The number of amides is 2. The van der Waals surface area contributed by atoms with E-state index in [9.17, 15) is 9.59 Å². The third-order valence-corrected chi connectivity index (χ3v) is 4.44. The smallest absolute Gasteiger partial charge is 0.295 e. The maximum Gasteiger partial charge on any atom is 0.295 e. The van der Waals surface area contributed by atoms with Crippen LogP contribution in [0.25, 0.3) is 0 Å². The highest BCUT2D eigenvalue weighted by Crippen LogP contribution is 2.33. The monoisotopic (exact) mass is 328 g/mol. The predicted molar refractivity (Wildman–Crippen MR) is 92.1 cm³/mol. The molecule has 23 heavy (non-hydrogen) atoms. The number of hydrogen-bond donors (Lipinski definition) is 1. The zero-order valence-corrected chi connectivity index (χ0v) is 13.6. The Hall–Kier alpha value is -2.47. The minimum atomic E-state index is -0.643. The van der Waals surface area contributed by atoms with Crippen LogP contribution in [0.1, 0.15) is 5.56 Å². The maximum absolute atomic E-state index is 12.6. The van der Waals surface area contributed by atoms with Gasteiger partial charge >= 0.3 is 0 Å². The normalized spacial score (nSPS) is 17.5. The van der Waals surface area contributed by atoms with Crippen molar-refractivity contribution < 1.29 is 14.3 Å². The first-order chi connectivity index (χ1) is 11.1. The molecule has 1 atom stereocenters. The molecule has 118 valence electrons. The summed E-state index contributed by atoms with van der Waals surface area (Å²) in [4.78, 5) is 26.0. The van der Waals surface area contributed by atoms with Crippen LogP contribution in [0.15, 0.2) is 48.5 Å². The number of ether oxygens (including phenoxy) is 1. The Morgan fingerprint density at radius 2 is 1.87 bits per heavy atom. The van der Waals surface area contributed by atoms with Gasteiger partial charge in [0.2, 0.25) is 0 Å². The summed E-state index contributed by atoms with van der Waals surface area (Å²) in [5.41, 5.74) is 2.40. The van der Waals surface area contributed by atoms with Crippen LogP contribution in [0, 0.1) is 6.92 Å². The Bertz CT molecular complexity index is 746. The van der Waals surface area contributed by atoms with Crippen LogP contribution in [0.3, 0.4) is 0 Å². The van der Waals surface area contributed by atoms with Crippen molar-refractivity contribution in [2.45, 2.75) is 12.3 Å². The lowest BCUT2D eigenvalue weighted by Gasteiger charge is -2.15. The van der Waals surface area contributed by atoms with Crippen LogP contribution in [0.4, 0.5) is 16.2 Å². The number of benzene rings is 2. The van der Waals surface area contributed by atoms with Crippen molar-refractivity contribution in [2.75, 3.05) is 17.3 Å². The van der Waals surface area contributed by atoms with Gasteiger partial charge in [-0.15, -0.1) is 0 Å². The van der Waals surface area contributed by atoms with E-state index >= 15 is 0 Å². The molecule has 0 radical (unpaired) electrons. The first kappa shape index (κ1) is 15.4. The molecule has 2 aromatic rings. The first-order valence-electron chi connectivity index (χ1n) is 7.10. The second-order valence-electron chi connectivity index (χ2n) is 5.15. The zero-order chi connectivity index (χ0) is 16.4. The van der Waals surface area contributed by atoms with Crippen molar-refractivity contribution in [2.24, 2.45) is 0 Å². The van der Waals surface area contributed by atoms with Gasteiger partial charge in [-0.05, 0) is 43.0 Å². The largest absolute Gasteiger partial charge is 0.497 e. The van der Waals surface area contributed by atoms with Crippen LogP contribution >= 0.6 is 11.8 Å². The van der Waals surface area contributed by atoms with Gasteiger partial charge in [0.05, 0.1) is 12.8 Å². The Balaban J connectivity index is 1.79. The summed E-state index contributed by atoms with van der Waals surface area (Å²) in [5.74, 6) is 0.416. The number of hydrogen-bond acceptors (Lipinski definition) is 5. The van der Waals surface area contributed by atoms with Crippen molar-refractivity contribution in [1.29, 1.82) is 0 Å². The molecule has 0 saturated carbocycles. The SMILES string of the molecule is COc1cccc(N[C@H]2SC(=O)N(c3ccc(C)cc3)C2=O)c1. The molecule has 1 N–H and O–H groups in total. The Labute approximate surface area is 138 Å². The molecule has 0 aromatic heterocycles. The number of rotatable bonds is 4. The van der Waals surface area contributed by atoms with Crippen LogP contribution in [-0.4, -0.2) is 23.6 Å². The third-order valence-electron chi connectivity index (χ3n) is 3.51. The molecule has 0 unspecified atom stereocenters. The van der Waals surface area contributed by atoms with Crippen LogP contribution in [0.2, 0.25) is 0 Å². The van der Waals surface area contributed by atoms with E-state index in [0.717, 1.165) is 23.0 Å². The van der Waals surface area contributed by atoms with E-state index in [1.54, 1.807) is 25.3 Å². The summed E-state index contributed by atoms with van der Waals surface area (Å²) in [5, 5.41) is 2.16. The number of carbonyl (C=O) groups excluding carboxylic acids is 2. The minimum absolute atomic E-state index is 0.272. The van der Waals surface area contributed by atoms with E-state index in [1.165, 1.54) is 4.90 Å². The topological polar surface area (TPSA) is 58.6 Å². The van der Waals surface area contributed by atoms with Gasteiger partial charge in [0.15, 0.2) is 5.37 Å². The molecule has 1 heterocycles. The number of imide groups is 1. The minimum Gasteiger partial charge on any atom is -0.497 e. The second-order valence-corrected chi connectivity index (χ2v) is 6.21. The van der Waals surface area contributed by atoms with Crippen molar-refractivity contribution in [3.05, 3.63) is 54.1 Å². The molecule has 1 fully saturated rings. The fourth-order valence-corrected chi connectivity index (χ4v) is 3.20. The molecule has 2 aromatic carbocycles. The van der Waals surface area contributed by atoms with Crippen LogP contribution < -0.4 is 15.0 Å². The number of nitrogens with one attached hydrogen (secondary N) is 1. The van der Waals surface area contributed by atoms with Gasteiger partial charge in [0.25, 0.3) is 11.1 Å². The number of anilines is 2. The van der Waals surface area contributed by atoms with Gasteiger partial charge in [-0.2, -0.15) is 0 Å². The lowest BCUT2D eigenvalue weighted by molar-refractivity contribution is -0.116. The van der Waals surface area contributed by atoms with Crippen molar-refractivity contribution in [3.63, 3.8) is 0 Å². The molecule has 6 heteroatoms. The summed E-state index contributed by atoms with van der Waals surface area (Å²) in [6.45, 7) is 1.96. The lowest BCUT2D eigenvalue weighted by atomic mass is 10.2. The molecular weight excluding hydrogens is 312 g/mol. The summed E-state index contributed by atoms with van der Waals surface area (Å²) in [6.07, 6.45) is 0. The molecular formula is C17H16N2O3S.